The van der Waals surface area contributed by atoms with Crippen LogP contribution in [0.5, 0.6) is 11.5 Å². The predicted molar refractivity (Wildman–Crippen MR) is 187 cm³/mol. The topological polar surface area (TPSA) is 116 Å². The molecule has 276 valence electrons. The highest BCUT2D eigenvalue weighted by Gasteiger charge is 2.56. The van der Waals surface area contributed by atoms with E-state index in [2.05, 4.69) is 13.0 Å². The number of carbonyl (C=O) groups excluding carboxylic acids is 1. The number of alkyl halides is 5. The average molecular weight is 735 g/mol. The van der Waals surface area contributed by atoms with Gasteiger partial charge in [-0.3, -0.25) is 4.21 Å². The summed E-state index contributed by atoms with van der Waals surface area (Å²) in [5.74, 6) is -3.31. The first-order valence-corrected chi connectivity index (χ1v) is 19.7. The molecule has 0 amide bonds. The molecule has 2 aromatic carbocycles. The number of nitrogens with two attached hydrogens (primary N) is 2. The molecule has 2 aromatic rings. The Morgan fingerprint density at radius 2 is 1.59 bits per heavy atom. The van der Waals surface area contributed by atoms with Crippen LogP contribution >= 0.6 is 11.8 Å². The third-order valence-corrected chi connectivity index (χ3v) is 12.2. The lowest BCUT2D eigenvalue weighted by Crippen LogP contribution is -2.36. The van der Waals surface area contributed by atoms with Crippen LogP contribution in [0, 0.1) is 0 Å². The minimum Gasteiger partial charge on any atom is -0.508 e. The van der Waals surface area contributed by atoms with Gasteiger partial charge in [0.25, 0.3) is 0 Å². The standard InChI is InChI=1S/C36H51F5N2O4S2/c1-34(26-14-16-27(44)17-15-26)25-48-32-24-28(47-33(45)31(43)13-8-9-21-42)18-19-29(32)30(34)12-7-5-3-2-4-6-10-22-49(46)23-11-20-35(37,38)36(39,40)41/h14-19,24,30-31,44H,2-13,20-23,25,42-43H2,1H3. The monoisotopic (exact) mass is 734 g/mol. The molecule has 6 nitrogen and oxygen atoms in total. The number of benzene rings is 2. The van der Waals surface area contributed by atoms with Crippen LogP contribution in [-0.4, -0.2) is 57.2 Å². The van der Waals surface area contributed by atoms with Crippen LogP contribution in [0.2, 0.25) is 0 Å². The van der Waals surface area contributed by atoms with Gasteiger partial charge in [-0.1, -0.05) is 70.1 Å². The fourth-order valence-corrected chi connectivity index (χ4v) is 8.87. The summed E-state index contributed by atoms with van der Waals surface area (Å²) >= 11 is 1.73. The van der Waals surface area contributed by atoms with Crippen molar-refractivity contribution in [2.75, 3.05) is 23.8 Å². The molecule has 1 heterocycles. The molecule has 0 fully saturated rings. The van der Waals surface area contributed by atoms with Crippen LogP contribution in [-0.2, 0) is 21.0 Å². The number of thioether (sulfide) groups is 1. The van der Waals surface area contributed by atoms with E-state index in [0.717, 1.165) is 74.0 Å². The van der Waals surface area contributed by atoms with Crippen molar-refractivity contribution in [3.63, 3.8) is 0 Å². The highest BCUT2D eigenvalue weighted by Crippen LogP contribution is 2.52. The minimum atomic E-state index is -5.57. The number of carbonyl (C=O) groups is 1. The molecule has 1 aliphatic heterocycles. The summed E-state index contributed by atoms with van der Waals surface area (Å²) < 4.78 is 80.6. The summed E-state index contributed by atoms with van der Waals surface area (Å²) in [4.78, 5) is 13.7. The summed E-state index contributed by atoms with van der Waals surface area (Å²) in [6, 6.07) is 12.5. The van der Waals surface area contributed by atoms with Crippen LogP contribution in [0.15, 0.2) is 47.4 Å². The fourth-order valence-electron chi connectivity index (χ4n) is 6.28. The Hall–Kier alpha value is -2.22. The molecule has 1 aliphatic rings. The molecule has 13 heteroatoms. The number of unbranched alkanes of at least 4 members (excludes halogenated alkanes) is 7. The molecule has 49 heavy (non-hydrogen) atoms. The van der Waals surface area contributed by atoms with Crippen molar-refractivity contribution in [3.05, 3.63) is 53.6 Å². The van der Waals surface area contributed by atoms with Crippen LogP contribution in [0.3, 0.4) is 0 Å². The maximum atomic E-state index is 13.0. The summed E-state index contributed by atoms with van der Waals surface area (Å²) in [6.45, 7) is 2.82. The molecule has 4 atom stereocenters. The zero-order chi connectivity index (χ0) is 36.1. The Morgan fingerprint density at radius 1 is 0.959 bits per heavy atom. The van der Waals surface area contributed by atoms with Gasteiger partial charge in [0, 0.05) is 44.8 Å². The number of phenolic OH excluding ortho intramolecular Hbond substituents is 1. The Kier molecular flexibility index (Phi) is 16.3. The lowest BCUT2D eigenvalue weighted by atomic mass is 9.68. The second-order valence-corrected chi connectivity index (χ2v) is 15.9. The number of hydrogen-bond donors (Lipinski definition) is 3. The van der Waals surface area contributed by atoms with Gasteiger partial charge in [-0.05, 0) is 80.0 Å². The zero-order valence-electron chi connectivity index (χ0n) is 28.2. The highest BCUT2D eigenvalue weighted by molar-refractivity contribution is 7.99. The number of rotatable bonds is 21. The maximum Gasteiger partial charge on any atom is 0.453 e. The lowest BCUT2D eigenvalue weighted by molar-refractivity contribution is -0.284. The average Bonchev–Trinajstić information content (AvgIpc) is 3.04. The van der Waals surface area contributed by atoms with E-state index in [-0.39, 0.29) is 22.8 Å². The van der Waals surface area contributed by atoms with Crippen LogP contribution < -0.4 is 16.2 Å². The Labute approximate surface area is 293 Å². The van der Waals surface area contributed by atoms with Crippen LogP contribution in [0.25, 0.3) is 0 Å². The highest BCUT2D eigenvalue weighted by atomic mass is 32.2. The first kappa shape index (κ1) is 41.2. The normalized spacial score (nSPS) is 19.3. The third kappa shape index (κ3) is 12.5. The number of hydrogen-bond acceptors (Lipinski definition) is 7. The Morgan fingerprint density at radius 3 is 2.24 bits per heavy atom. The third-order valence-electron chi connectivity index (χ3n) is 9.32. The van der Waals surface area contributed by atoms with E-state index < -0.39 is 47.8 Å². The van der Waals surface area contributed by atoms with Gasteiger partial charge in [-0.25, -0.2) is 4.79 Å². The van der Waals surface area contributed by atoms with Crippen molar-refractivity contribution in [2.45, 2.75) is 125 Å². The van der Waals surface area contributed by atoms with Crippen molar-refractivity contribution in [2.24, 2.45) is 11.5 Å². The number of halogens is 5. The van der Waals surface area contributed by atoms with Crippen LogP contribution in [0.1, 0.15) is 107 Å². The van der Waals surface area contributed by atoms with Crippen molar-refractivity contribution in [1.29, 1.82) is 0 Å². The van der Waals surface area contributed by atoms with Gasteiger partial charge < -0.3 is 21.3 Å². The van der Waals surface area contributed by atoms with E-state index in [1.54, 1.807) is 23.9 Å². The number of esters is 1. The quantitative estimate of drug-likeness (QED) is 0.0509. The SMILES string of the molecule is CC1(c2ccc(O)cc2)CSc2cc(OC(=O)C(N)CCCCN)ccc2C1CCCCCCCCCS(=O)CCCC(F)(F)C(F)(F)F. The Bertz CT molecular complexity index is 1350. The number of ether oxygens (including phenoxy) is 1. The molecule has 0 radical (unpaired) electrons. The van der Waals surface area contributed by atoms with Gasteiger partial charge in [0.15, 0.2) is 0 Å². The molecule has 0 bridgehead atoms. The molecular weight excluding hydrogens is 684 g/mol. The smallest absolute Gasteiger partial charge is 0.453 e. The first-order valence-electron chi connectivity index (χ1n) is 17.2. The first-order chi connectivity index (χ1) is 23.2. The van der Waals surface area contributed by atoms with Crippen molar-refractivity contribution < 1.29 is 40.8 Å². The van der Waals surface area contributed by atoms with Crippen molar-refractivity contribution in [3.8, 4) is 11.5 Å². The van der Waals surface area contributed by atoms with Gasteiger partial charge >= 0.3 is 18.1 Å². The zero-order valence-corrected chi connectivity index (χ0v) is 29.9. The molecule has 0 saturated carbocycles. The second-order valence-electron chi connectivity index (χ2n) is 13.2. The second kappa shape index (κ2) is 19.4. The number of fused-ring (bicyclic) bond motifs is 1. The van der Waals surface area contributed by atoms with Crippen molar-refractivity contribution in [1.82, 2.24) is 0 Å². The fraction of sp³-hybridized carbons (Fsp3) is 0.639. The maximum absolute atomic E-state index is 13.0. The van der Waals surface area contributed by atoms with E-state index in [0.29, 0.717) is 30.9 Å². The van der Waals surface area contributed by atoms with E-state index in [4.69, 9.17) is 16.2 Å². The van der Waals surface area contributed by atoms with E-state index in [1.807, 2.05) is 24.3 Å². The van der Waals surface area contributed by atoms with Gasteiger partial charge in [0.2, 0.25) is 0 Å². The molecule has 3 rings (SSSR count). The molecule has 0 aromatic heterocycles. The predicted octanol–water partition coefficient (Wildman–Crippen LogP) is 8.75. The molecule has 0 spiro atoms. The van der Waals surface area contributed by atoms with Gasteiger partial charge in [-0.15, -0.1) is 11.8 Å². The summed E-state index contributed by atoms with van der Waals surface area (Å²) in [5, 5.41) is 9.92. The number of phenols is 1. The Balaban J connectivity index is 1.49. The van der Waals surface area contributed by atoms with Gasteiger partial charge in [0.05, 0.1) is 0 Å². The largest absolute Gasteiger partial charge is 0.508 e. The van der Waals surface area contributed by atoms with E-state index in [9.17, 15) is 36.1 Å². The minimum absolute atomic E-state index is 0.145. The molecule has 0 aliphatic carbocycles. The lowest BCUT2D eigenvalue weighted by Gasteiger charge is -2.43. The molecular formula is C36H51F5N2O4S2. The molecule has 5 N–H and O–H groups in total. The molecule has 4 unspecified atom stereocenters. The number of aromatic hydroxyl groups is 1. The van der Waals surface area contributed by atoms with E-state index in [1.165, 1.54) is 5.56 Å². The van der Waals surface area contributed by atoms with Gasteiger partial charge in [0.1, 0.15) is 17.5 Å². The van der Waals surface area contributed by atoms with Crippen LogP contribution in [0.4, 0.5) is 22.0 Å². The van der Waals surface area contributed by atoms with Gasteiger partial charge in [-0.2, -0.15) is 22.0 Å². The summed E-state index contributed by atoms with van der Waals surface area (Å²) in [7, 11) is -1.40. The summed E-state index contributed by atoms with van der Waals surface area (Å²) in [5.41, 5.74) is 13.7. The van der Waals surface area contributed by atoms with Crippen molar-refractivity contribution >= 4 is 28.5 Å². The van der Waals surface area contributed by atoms with E-state index >= 15 is 0 Å². The summed E-state index contributed by atoms with van der Waals surface area (Å²) in [6.07, 6.45) is 2.20. The molecule has 0 saturated heterocycles.